The van der Waals surface area contributed by atoms with Crippen LogP contribution in [0.5, 0.6) is 0 Å². The molecule has 0 atom stereocenters. The van der Waals surface area contributed by atoms with Crippen molar-refractivity contribution < 1.29 is 18.7 Å². The molecule has 6 nitrogen and oxygen atoms in total. The van der Waals surface area contributed by atoms with Gasteiger partial charge in [-0.1, -0.05) is 31.4 Å². The van der Waals surface area contributed by atoms with E-state index in [1.807, 2.05) is 17.0 Å². The van der Waals surface area contributed by atoms with Gasteiger partial charge in [0.2, 0.25) is 0 Å². The van der Waals surface area contributed by atoms with Gasteiger partial charge in [0.15, 0.2) is 0 Å². The first-order valence-corrected chi connectivity index (χ1v) is 12.8. The van der Waals surface area contributed by atoms with E-state index in [1.54, 1.807) is 24.3 Å². The van der Waals surface area contributed by atoms with Crippen molar-refractivity contribution in [2.45, 2.75) is 62.9 Å². The van der Waals surface area contributed by atoms with Crippen LogP contribution in [-0.2, 0) is 16.7 Å². The quantitative estimate of drug-likeness (QED) is 0.627. The highest BCUT2D eigenvalue weighted by atomic mass is 19.1. The Hall–Kier alpha value is -2.93. The highest BCUT2D eigenvalue weighted by Crippen LogP contribution is 2.47. The molecule has 3 aliphatic rings. The fourth-order valence-electron chi connectivity index (χ4n) is 6.01. The smallest absolute Gasteiger partial charge is 0.337 e. The van der Waals surface area contributed by atoms with Gasteiger partial charge in [0.05, 0.1) is 12.7 Å². The number of hydrogen-bond acceptors (Lipinski definition) is 4. The molecule has 2 aromatic rings. The van der Waals surface area contributed by atoms with Crippen molar-refractivity contribution in [1.29, 1.82) is 0 Å². The summed E-state index contributed by atoms with van der Waals surface area (Å²) in [5.41, 5.74) is 3.29. The highest BCUT2D eigenvalue weighted by molar-refractivity contribution is 5.95. The number of halogens is 1. The summed E-state index contributed by atoms with van der Waals surface area (Å²) in [6.07, 6.45) is 7.39. The van der Waals surface area contributed by atoms with Crippen LogP contribution in [0.3, 0.4) is 0 Å². The summed E-state index contributed by atoms with van der Waals surface area (Å²) in [6, 6.07) is 12.6. The minimum Gasteiger partial charge on any atom is -0.465 e. The fourth-order valence-corrected chi connectivity index (χ4v) is 6.01. The second-order valence-electron chi connectivity index (χ2n) is 10.3. The van der Waals surface area contributed by atoms with Gasteiger partial charge in [0.1, 0.15) is 5.82 Å². The fraction of sp³-hybridized carbons (Fsp3) is 0.500. The number of likely N-dealkylation sites (tertiary alicyclic amines) is 1. The second kappa shape index (κ2) is 9.97. The number of nitrogens with zero attached hydrogens (tertiary/aromatic N) is 2. The third-order valence-corrected chi connectivity index (χ3v) is 8.05. The number of benzene rings is 2. The van der Waals surface area contributed by atoms with Crippen LogP contribution in [0.1, 0.15) is 66.4 Å². The van der Waals surface area contributed by atoms with Crippen LogP contribution in [0, 0.1) is 5.82 Å². The van der Waals surface area contributed by atoms with Gasteiger partial charge >= 0.3 is 12.0 Å². The first-order chi connectivity index (χ1) is 17.0. The molecule has 0 radical (unpaired) electrons. The molecule has 0 aromatic heterocycles. The third kappa shape index (κ3) is 4.92. The lowest BCUT2D eigenvalue weighted by Gasteiger charge is -2.40. The van der Waals surface area contributed by atoms with Crippen molar-refractivity contribution in [1.82, 2.24) is 10.2 Å². The molecule has 5 rings (SSSR count). The van der Waals surface area contributed by atoms with Crippen molar-refractivity contribution in [2.75, 3.05) is 31.6 Å². The number of carbonyl (C=O) groups is 2. The van der Waals surface area contributed by atoms with Crippen LogP contribution >= 0.6 is 0 Å². The van der Waals surface area contributed by atoms with Gasteiger partial charge in [-0.2, -0.15) is 0 Å². The predicted molar refractivity (Wildman–Crippen MR) is 133 cm³/mol. The Labute approximate surface area is 206 Å². The maximum Gasteiger partial charge on any atom is 0.337 e. The van der Waals surface area contributed by atoms with E-state index in [4.69, 9.17) is 4.74 Å². The molecular weight excluding hydrogens is 445 g/mol. The van der Waals surface area contributed by atoms with Crippen molar-refractivity contribution in [3.05, 3.63) is 65.0 Å². The van der Waals surface area contributed by atoms with Crippen LogP contribution < -0.4 is 10.2 Å². The van der Waals surface area contributed by atoms with Gasteiger partial charge in [-0.05, 0) is 80.2 Å². The lowest BCUT2D eigenvalue weighted by Crippen LogP contribution is -2.49. The number of anilines is 1. The van der Waals surface area contributed by atoms with Crippen LogP contribution in [0.25, 0.3) is 0 Å². The van der Waals surface area contributed by atoms with Gasteiger partial charge in [0, 0.05) is 30.2 Å². The average Bonchev–Trinajstić information content (AvgIpc) is 3.19. The zero-order chi connectivity index (χ0) is 24.4. The Morgan fingerprint density at radius 1 is 1.06 bits per heavy atom. The summed E-state index contributed by atoms with van der Waals surface area (Å²) < 4.78 is 19.1. The maximum absolute atomic E-state index is 14.3. The van der Waals surface area contributed by atoms with Crippen LogP contribution in [0.15, 0.2) is 42.5 Å². The van der Waals surface area contributed by atoms with E-state index in [2.05, 4.69) is 10.2 Å². The summed E-state index contributed by atoms with van der Waals surface area (Å²) in [6.45, 7) is 3.13. The number of carbonyl (C=O) groups excluding carboxylic acids is 2. The number of esters is 1. The van der Waals surface area contributed by atoms with E-state index in [9.17, 15) is 14.0 Å². The highest BCUT2D eigenvalue weighted by Gasteiger charge is 2.46. The Morgan fingerprint density at radius 2 is 1.77 bits per heavy atom. The normalized spacial score (nSPS) is 20.0. The Bertz CT molecular complexity index is 1070. The lowest BCUT2D eigenvalue weighted by molar-refractivity contribution is 0.0600. The standard InChI is InChI=1S/C28H34FN3O3/c1-35-26(33)21-9-7-20(8-10-21)18-31-15-13-28(14-16-31)19-32(25-12-11-22(29)17-24(25)28)27(34)30-23-5-3-2-4-6-23/h7-12,17,23H,2-6,13-16,18-19H2,1H3,(H,30,34). The lowest BCUT2D eigenvalue weighted by atomic mass is 9.74. The van der Waals surface area contributed by atoms with Crippen molar-refractivity contribution in [3.8, 4) is 0 Å². The van der Waals surface area contributed by atoms with Crippen LogP contribution in [0.4, 0.5) is 14.9 Å². The topological polar surface area (TPSA) is 61.9 Å². The number of piperidine rings is 1. The zero-order valence-corrected chi connectivity index (χ0v) is 20.4. The molecule has 35 heavy (non-hydrogen) atoms. The Balaban J connectivity index is 1.27. The van der Waals surface area contributed by atoms with Crippen molar-refractivity contribution in [3.63, 3.8) is 0 Å². The van der Waals surface area contributed by atoms with Gasteiger partial charge in [-0.3, -0.25) is 9.80 Å². The Kier molecular flexibility index (Phi) is 6.78. The van der Waals surface area contributed by atoms with E-state index < -0.39 is 0 Å². The summed E-state index contributed by atoms with van der Waals surface area (Å²) in [5.74, 6) is -0.577. The molecule has 0 bridgehead atoms. The zero-order valence-electron chi connectivity index (χ0n) is 20.4. The van der Waals surface area contributed by atoms with Crippen molar-refractivity contribution in [2.24, 2.45) is 0 Å². The van der Waals surface area contributed by atoms with Crippen LogP contribution in [0.2, 0.25) is 0 Å². The minimum absolute atomic E-state index is 0.0465. The van der Waals surface area contributed by atoms with E-state index >= 15 is 0 Å². The molecule has 1 saturated heterocycles. The van der Waals surface area contributed by atoms with Gasteiger partial charge in [-0.25, -0.2) is 14.0 Å². The summed E-state index contributed by atoms with van der Waals surface area (Å²) in [4.78, 5) is 29.2. The number of amides is 2. The monoisotopic (exact) mass is 479 g/mol. The molecule has 1 aliphatic carbocycles. The molecule has 0 unspecified atom stereocenters. The predicted octanol–water partition coefficient (Wildman–Crippen LogP) is 5.01. The number of hydrogen-bond donors (Lipinski definition) is 1. The molecule has 1 N–H and O–H groups in total. The van der Waals surface area contributed by atoms with Crippen molar-refractivity contribution >= 4 is 17.7 Å². The molecule has 186 valence electrons. The number of fused-ring (bicyclic) bond motifs is 2. The molecule has 1 saturated carbocycles. The molecule has 2 aromatic carbocycles. The Morgan fingerprint density at radius 3 is 2.46 bits per heavy atom. The number of nitrogens with one attached hydrogen (secondary N) is 1. The first-order valence-electron chi connectivity index (χ1n) is 12.8. The van der Waals surface area contributed by atoms with Crippen LogP contribution in [-0.4, -0.2) is 49.7 Å². The number of urea groups is 1. The van der Waals surface area contributed by atoms with Gasteiger partial charge < -0.3 is 10.1 Å². The van der Waals surface area contributed by atoms with E-state index in [1.165, 1.54) is 19.6 Å². The van der Waals surface area contributed by atoms with E-state index in [0.717, 1.165) is 75.0 Å². The summed E-state index contributed by atoms with van der Waals surface area (Å²) in [5, 5.41) is 3.25. The van der Waals surface area contributed by atoms with Gasteiger partial charge in [-0.15, -0.1) is 0 Å². The number of rotatable bonds is 4. The van der Waals surface area contributed by atoms with E-state index in [-0.39, 0.29) is 29.3 Å². The third-order valence-electron chi connectivity index (χ3n) is 8.05. The largest absolute Gasteiger partial charge is 0.465 e. The summed E-state index contributed by atoms with van der Waals surface area (Å²) >= 11 is 0. The molecular formula is C28H34FN3O3. The molecule has 1 spiro atoms. The molecule has 2 heterocycles. The number of ether oxygens (including phenoxy) is 1. The molecule has 2 amide bonds. The average molecular weight is 480 g/mol. The molecule has 2 fully saturated rings. The summed E-state index contributed by atoms with van der Waals surface area (Å²) in [7, 11) is 1.38. The molecule has 2 aliphatic heterocycles. The minimum atomic E-state index is -0.333. The van der Waals surface area contributed by atoms with E-state index in [0.29, 0.717) is 12.1 Å². The first kappa shape index (κ1) is 23.8. The second-order valence-corrected chi connectivity index (χ2v) is 10.3. The number of methoxy groups -OCH3 is 1. The SMILES string of the molecule is COC(=O)c1ccc(CN2CCC3(CC2)CN(C(=O)NC2CCCCC2)c2ccc(F)cc23)cc1. The maximum atomic E-state index is 14.3. The van der Waals surface area contributed by atoms with Gasteiger partial charge in [0.25, 0.3) is 0 Å². The molecule has 7 heteroatoms.